The predicted octanol–water partition coefficient (Wildman–Crippen LogP) is 3.19. The second kappa shape index (κ2) is 5.31. The van der Waals surface area contributed by atoms with Gasteiger partial charge in [-0.25, -0.2) is 4.98 Å². The molecule has 98 valence electrons. The molecule has 3 heteroatoms. The summed E-state index contributed by atoms with van der Waals surface area (Å²) in [5.74, 6) is 0.691. The molecule has 0 saturated carbocycles. The van der Waals surface area contributed by atoms with Gasteiger partial charge in [0.1, 0.15) is 0 Å². The van der Waals surface area contributed by atoms with Crippen LogP contribution in [0.25, 0.3) is 0 Å². The van der Waals surface area contributed by atoms with Crippen molar-refractivity contribution in [1.82, 2.24) is 4.98 Å². The van der Waals surface area contributed by atoms with Crippen LogP contribution in [-0.4, -0.2) is 12.1 Å². The van der Waals surface area contributed by atoms with Gasteiger partial charge in [-0.15, -0.1) is 0 Å². The fraction of sp³-hybridized carbons (Fsp3) is 0.312. The lowest BCUT2D eigenvalue weighted by molar-refractivity contribution is 0.393. The lowest BCUT2D eigenvalue weighted by atomic mass is 10.1. The zero-order chi connectivity index (χ0) is 13.1. The molecule has 1 aliphatic carbocycles. The zero-order valence-corrected chi connectivity index (χ0v) is 11.1. The Bertz CT molecular complexity index is 581. The number of nitrogens with one attached hydrogen (secondary N) is 1. The Morgan fingerprint density at radius 2 is 2.11 bits per heavy atom. The summed E-state index contributed by atoms with van der Waals surface area (Å²) >= 11 is 0. The molecule has 0 radical (unpaired) electrons. The van der Waals surface area contributed by atoms with Crippen molar-refractivity contribution in [3.8, 4) is 5.88 Å². The first-order chi connectivity index (χ1) is 9.36. The number of aromatic nitrogens is 1. The molecule has 0 spiro atoms. The zero-order valence-electron chi connectivity index (χ0n) is 11.1. The Morgan fingerprint density at radius 1 is 1.21 bits per heavy atom. The van der Waals surface area contributed by atoms with Crippen LogP contribution < -0.4 is 10.1 Å². The van der Waals surface area contributed by atoms with Crippen molar-refractivity contribution < 1.29 is 4.74 Å². The Kier molecular flexibility index (Phi) is 3.36. The molecule has 0 aliphatic heterocycles. The van der Waals surface area contributed by atoms with E-state index in [1.54, 1.807) is 13.3 Å². The van der Waals surface area contributed by atoms with E-state index in [0.717, 1.165) is 12.1 Å². The molecule has 0 unspecified atom stereocenters. The molecule has 2 aromatic rings. The van der Waals surface area contributed by atoms with Crippen molar-refractivity contribution in [3.63, 3.8) is 0 Å². The van der Waals surface area contributed by atoms with Crippen LogP contribution in [-0.2, 0) is 19.4 Å². The first kappa shape index (κ1) is 12.0. The van der Waals surface area contributed by atoms with Gasteiger partial charge < -0.3 is 10.1 Å². The van der Waals surface area contributed by atoms with Crippen molar-refractivity contribution in [1.29, 1.82) is 0 Å². The van der Waals surface area contributed by atoms with Crippen LogP contribution in [0.3, 0.4) is 0 Å². The third kappa shape index (κ3) is 2.55. The molecule has 0 fully saturated rings. The number of benzene rings is 1. The molecule has 0 saturated heterocycles. The van der Waals surface area contributed by atoms with Gasteiger partial charge in [-0.2, -0.15) is 0 Å². The van der Waals surface area contributed by atoms with Gasteiger partial charge in [0.2, 0.25) is 5.88 Å². The first-order valence-electron chi connectivity index (χ1n) is 6.70. The minimum atomic E-state index is 0.691. The summed E-state index contributed by atoms with van der Waals surface area (Å²) < 4.78 is 5.26. The number of anilines is 1. The third-order valence-corrected chi connectivity index (χ3v) is 3.62. The van der Waals surface area contributed by atoms with Crippen LogP contribution >= 0.6 is 0 Å². The molecule has 3 rings (SSSR count). The molecule has 19 heavy (non-hydrogen) atoms. The quantitative estimate of drug-likeness (QED) is 0.909. The lowest BCUT2D eigenvalue weighted by Crippen LogP contribution is -2.03. The maximum atomic E-state index is 5.26. The number of rotatable bonds is 4. The number of hydrogen-bond acceptors (Lipinski definition) is 3. The number of ether oxygens (including phenoxy) is 1. The van der Waals surface area contributed by atoms with Crippen LogP contribution in [0.15, 0.2) is 36.5 Å². The van der Waals surface area contributed by atoms with Crippen LogP contribution in [0.2, 0.25) is 0 Å². The highest BCUT2D eigenvalue weighted by atomic mass is 16.5. The normalized spacial score (nSPS) is 13.1. The molecule has 1 aromatic heterocycles. The fourth-order valence-electron chi connectivity index (χ4n) is 2.62. The van der Waals surface area contributed by atoms with Crippen molar-refractivity contribution in [2.75, 3.05) is 12.4 Å². The number of hydrogen-bond donors (Lipinski definition) is 1. The Hall–Kier alpha value is -2.03. The molecule has 0 amide bonds. The third-order valence-electron chi connectivity index (χ3n) is 3.62. The second-order valence-electron chi connectivity index (χ2n) is 4.86. The molecule has 1 N–H and O–H groups in total. The van der Waals surface area contributed by atoms with E-state index < -0.39 is 0 Å². The highest BCUT2D eigenvalue weighted by Gasteiger charge is 2.10. The van der Waals surface area contributed by atoms with Gasteiger partial charge in [-0.05, 0) is 48.6 Å². The minimum Gasteiger partial charge on any atom is -0.481 e. The molecule has 1 heterocycles. The van der Waals surface area contributed by atoms with Crippen molar-refractivity contribution in [2.45, 2.75) is 25.8 Å². The van der Waals surface area contributed by atoms with E-state index >= 15 is 0 Å². The minimum absolute atomic E-state index is 0.691. The van der Waals surface area contributed by atoms with Crippen LogP contribution in [0, 0.1) is 0 Å². The number of nitrogens with zero attached hydrogens (tertiary/aromatic N) is 1. The van der Waals surface area contributed by atoms with Crippen LogP contribution in [0.5, 0.6) is 5.88 Å². The summed E-state index contributed by atoms with van der Waals surface area (Å²) in [5.41, 5.74) is 5.24. The van der Waals surface area contributed by atoms with E-state index in [-0.39, 0.29) is 0 Å². The van der Waals surface area contributed by atoms with Crippen molar-refractivity contribution in [2.24, 2.45) is 0 Å². The van der Waals surface area contributed by atoms with Gasteiger partial charge in [-0.3, -0.25) is 0 Å². The van der Waals surface area contributed by atoms with Gasteiger partial charge in [0.15, 0.2) is 0 Å². The molecule has 0 bridgehead atoms. The number of fused-ring (bicyclic) bond motifs is 1. The first-order valence-corrected chi connectivity index (χ1v) is 6.70. The topological polar surface area (TPSA) is 34.1 Å². The van der Waals surface area contributed by atoms with Gasteiger partial charge in [0, 0.05) is 24.0 Å². The van der Waals surface area contributed by atoms with E-state index in [9.17, 15) is 0 Å². The summed E-state index contributed by atoms with van der Waals surface area (Å²) in [6.45, 7) is 0.732. The standard InChI is InChI=1S/C16H18N2O/c1-19-16-14(6-3-9-17-16)11-18-15-8-7-12-4-2-5-13(12)10-15/h3,6-10,18H,2,4-5,11H2,1H3. The maximum absolute atomic E-state index is 5.26. The van der Waals surface area contributed by atoms with E-state index in [0.29, 0.717) is 5.88 Å². The van der Waals surface area contributed by atoms with Crippen molar-refractivity contribution >= 4 is 5.69 Å². The molecular formula is C16H18N2O. The number of pyridine rings is 1. The largest absolute Gasteiger partial charge is 0.481 e. The molecule has 1 aliphatic rings. The number of methoxy groups -OCH3 is 1. The van der Waals surface area contributed by atoms with Gasteiger partial charge in [0.05, 0.1) is 7.11 Å². The highest BCUT2D eigenvalue weighted by Crippen LogP contribution is 2.25. The smallest absolute Gasteiger partial charge is 0.218 e. The predicted molar refractivity (Wildman–Crippen MR) is 76.6 cm³/mol. The molecule has 3 nitrogen and oxygen atoms in total. The summed E-state index contributed by atoms with van der Waals surface area (Å²) in [6.07, 6.45) is 5.47. The van der Waals surface area contributed by atoms with Crippen molar-refractivity contribution in [3.05, 3.63) is 53.2 Å². The van der Waals surface area contributed by atoms with E-state index in [1.807, 2.05) is 12.1 Å². The molecule has 0 atom stereocenters. The van der Waals surface area contributed by atoms with Gasteiger partial charge >= 0.3 is 0 Å². The van der Waals surface area contributed by atoms with E-state index in [4.69, 9.17) is 4.74 Å². The van der Waals surface area contributed by atoms with Gasteiger partial charge in [0.25, 0.3) is 0 Å². The number of aryl methyl sites for hydroxylation is 2. The monoisotopic (exact) mass is 254 g/mol. The maximum Gasteiger partial charge on any atom is 0.218 e. The summed E-state index contributed by atoms with van der Waals surface area (Å²) in [4.78, 5) is 4.21. The average molecular weight is 254 g/mol. The molecular weight excluding hydrogens is 236 g/mol. The Labute approximate surface area is 113 Å². The second-order valence-corrected chi connectivity index (χ2v) is 4.86. The molecule has 1 aromatic carbocycles. The average Bonchev–Trinajstić information content (AvgIpc) is 2.93. The SMILES string of the molecule is COc1ncccc1CNc1ccc2c(c1)CCC2. The van der Waals surface area contributed by atoms with Crippen LogP contribution in [0.1, 0.15) is 23.1 Å². The Morgan fingerprint density at radius 3 is 3.00 bits per heavy atom. The fourth-order valence-corrected chi connectivity index (χ4v) is 2.62. The van der Waals surface area contributed by atoms with E-state index in [1.165, 1.54) is 36.1 Å². The Balaban J connectivity index is 1.72. The van der Waals surface area contributed by atoms with Crippen LogP contribution in [0.4, 0.5) is 5.69 Å². The summed E-state index contributed by atoms with van der Waals surface area (Å²) in [6, 6.07) is 10.6. The van der Waals surface area contributed by atoms with E-state index in [2.05, 4.69) is 28.5 Å². The highest BCUT2D eigenvalue weighted by molar-refractivity contribution is 5.50. The summed E-state index contributed by atoms with van der Waals surface area (Å²) in [7, 11) is 1.65. The summed E-state index contributed by atoms with van der Waals surface area (Å²) in [5, 5.41) is 3.45. The van der Waals surface area contributed by atoms with Gasteiger partial charge in [-0.1, -0.05) is 12.1 Å². The lowest BCUT2D eigenvalue weighted by Gasteiger charge is -2.10.